The summed E-state index contributed by atoms with van der Waals surface area (Å²) in [6.07, 6.45) is 2.59. The molecule has 13 heteroatoms. The van der Waals surface area contributed by atoms with Crippen molar-refractivity contribution in [3.8, 4) is 22.9 Å². The Morgan fingerprint density at radius 3 is 2.20 bits per heavy atom. The first kappa shape index (κ1) is 23.7. The van der Waals surface area contributed by atoms with Crippen LogP contribution in [0.25, 0.3) is 11.1 Å². The van der Waals surface area contributed by atoms with Crippen molar-refractivity contribution >= 4 is 16.0 Å². The van der Waals surface area contributed by atoms with Gasteiger partial charge in [0.2, 0.25) is 0 Å². The molecule has 0 aliphatic heterocycles. The molecule has 4 rings (SSSR count). The van der Waals surface area contributed by atoms with Crippen molar-refractivity contribution in [3.63, 3.8) is 0 Å². The van der Waals surface area contributed by atoms with Crippen molar-refractivity contribution in [3.05, 3.63) is 95.8 Å². The van der Waals surface area contributed by atoms with E-state index in [4.69, 9.17) is 5.14 Å². The number of rotatable bonds is 7. The number of nitriles is 1. The van der Waals surface area contributed by atoms with Gasteiger partial charge in [-0.25, -0.2) is 17.8 Å². The van der Waals surface area contributed by atoms with Crippen LogP contribution in [0.15, 0.2) is 67.3 Å². The molecule has 2 N–H and O–H groups in total. The fraction of sp³-hybridized carbons (Fsp3) is 0.0455. The van der Waals surface area contributed by atoms with Gasteiger partial charge in [-0.15, -0.1) is 10.2 Å². The quantitative estimate of drug-likeness (QED) is 0.413. The normalized spacial score (nSPS) is 11.2. The fourth-order valence-electron chi connectivity index (χ4n) is 3.35. The van der Waals surface area contributed by atoms with Gasteiger partial charge in [0.1, 0.15) is 35.9 Å². The van der Waals surface area contributed by atoms with Gasteiger partial charge in [-0.05, 0) is 35.9 Å². The molecule has 0 saturated carbocycles. The SMILES string of the molecule is N#Cc1ccc(N(Cc2c(F)cc(OS(N)(=O)=O)cc2F)n2cnnc2)cc1-c1ccc(F)cc1. The molecule has 1 heterocycles. The van der Waals surface area contributed by atoms with Crippen molar-refractivity contribution in [1.29, 1.82) is 5.26 Å². The summed E-state index contributed by atoms with van der Waals surface area (Å²) in [4.78, 5) is 0. The van der Waals surface area contributed by atoms with Gasteiger partial charge in [0.25, 0.3) is 0 Å². The maximum absolute atomic E-state index is 14.8. The van der Waals surface area contributed by atoms with E-state index in [1.165, 1.54) is 52.7 Å². The Morgan fingerprint density at radius 2 is 1.63 bits per heavy atom. The maximum Gasteiger partial charge on any atom is 0.380 e. The lowest BCUT2D eigenvalue weighted by atomic mass is 9.99. The van der Waals surface area contributed by atoms with E-state index in [0.29, 0.717) is 34.5 Å². The molecule has 9 nitrogen and oxygen atoms in total. The predicted octanol–water partition coefficient (Wildman–Crippen LogP) is 3.29. The van der Waals surface area contributed by atoms with Crippen LogP contribution in [0.3, 0.4) is 0 Å². The Balaban J connectivity index is 1.78. The summed E-state index contributed by atoms with van der Waals surface area (Å²) >= 11 is 0. The highest BCUT2D eigenvalue weighted by molar-refractivity contribution is 7.84. The molecule has 0 spiro atoms. The predicted molar refractivity (Wildman–Crippen MR) is 118 cm³/mol. The summed E-state index contributed by atoms with van der Waals surface area (Å²) in [5.74, 6) is -3.25. The van der Waals surface area contributed by atoms with Crippen LogP contribution in [-0.4, -0.2) is 23.3 Å². The Bertz CT molecular complexity index is 1500. The average Bonchev–Trinajstić information content (AvgIpc) is 3.32. The van der Waals surface area contributed by atoms with Gasteiger partial charge in [-0.1, -0.05) is 12.1 Å². The molecule has 4 aromatic rings. The largest absolute Gasteiger partial charge is 0.380 e. The molecule has 0 radical (unpaired) electrons. The summed E-state index contributed by atoms with van der Waals surface area (Å²) in [5.41, 5.74) is 1.28. The number of anilines is 1. The molecule has 0 amide bonds. The summed E-state index contributed by atoms with van der Waals surface area (Å²) in [6.45, 7) is -0.389. The third-order valence-corrected chi connectivity index (χ3v) is 5.32. The summed E-state index contributed by atoms with van der Waals surface area (Å²) in [7, 11) is -4.48. The third kappa shape index (κ3) is 5.40. The first-order valence-electron chi connectivity index (χ1n) is 9.77. The number of halogens is 3. The monoisotopic (exact) mass is 500 g/mol. The Labute approximate surface area is 197 Å². The van der Waals surface area contributed by atoms with E-state index >= 15 is 0 Å². The molecule has 3 aromatic carbocycles. The minimum Gasteiger partial charge on any atom is -0.371 e. The summed E-state index contributed by atoms with van der Waals surface area (Å²) in [5, 5.41) is 23.2. The lowest BCUT2D eigenvalue weighted by Gasteiger charge is -2.26. The van der Waals surface area contributed by atoms with Crippen LogP contribution in [0, 0.1) is 28.8 Å². The van der Waals surface area contributed by atoms with Crippen LogP contribution in [0.1, 0.15) is 11.1 Å². The second kappa shape index (κ2) is 9.45. The van der Waals surface area contributed by atoms with E-state index in [0.717, 1.165) is 0 Å². The van der Waals surface area contributed by atoms with Gasteiger partial charge < -0.3 is 4.18 Å². The van der Waals surface area contributed by atoms with E-state index in [9.17, 15) is 26.9 Å². The van der Waals surface area contributed by atoms with Gasteiger partial charge in [-0.2, -0.15) is 18.8 Å². The Hall–Kier alpha value is -4.41. The summed E-state index contributed by atoms with van der Waals surface area (Å²) < 4.78 is 70.9. The molecule has 0 atom stereocenters. The first-order chi connectivity index (χ1) is 16.6. The molecule has 1 aromatic heterocycles. The highest BCUT2D eigenvalue weighted by Crippen LogP contribution is 2.31. The molecule has 178 valence electrons. The molecular weight excluding hydrogens is 485 g/mol. The third-order valence-electron chi connectivity index (χ3n) is 4.90. The van der Waals surface area contributed by atoms with E-state index < -0.39 is 39.1 Å². The molecule has 0 aliphatic rings. The highest BCUT2D eigenvalue weighted by Gasteiger charge is 2.20. The van der Waals surface area contributed by atoms with Crippen molar-refractivity contribution in [2.75, 3.05) is 5.01 Å². The molecule has 0 saturated heterocycles. The second-order valence-corrected chi connectivity index (χ2v) is 8.34. The molecule has 0 unspecified atom stereocenters. The summed E-state index contributed by atoms with van der Waals surface area (Å²) in [6, 6.07) is 13.6. The topological polar surface area (TPSA) is 127 Å². The van der Waals surface area contributed by atoms with Gasteiger partial charge in [0.15, 0.2) is 0 Å². The van der Waals surface area contributed by atoms with Crippen LogP contribution in [0.4, 0.5) is 18.9 Å². The van der Waals surface area contributed by atoms with Gasteiger partial charge in [0, 0.05) is 23.3 Å². The number of hydrogen-bond donors (Lipinski definition) is 1. The van der Waals surface area contributed by atoms with Crippen molar-refractivity contribution in [1.82, 2.24) is 14.9 Å². The standard InChI is InChI=1S/C22H15F3N6O3S/c23-16-4-1-14(2-5-16)19-7-17(6-3-15(19)10-26)31(30-12-28-29-13-30)11-20-21(24)8-18(9-22(20)25)34-35(27,32)33/h1-9,12-13H,11H2,(H2,27,32,33). The number of nitrogens with zero attached hydrogens (tertiary/aromatic N) is 5. The molecule has 0 aliphatic carbocycles. The minimum absolute atomic E-state index is 0.297. The fourth-order valence-corrected chi connectivity index (χ4v) is 3.71. The zero-order chi connectivity index (χ0) is 25.2. The van der Waals surface area contributed by atoms with Crippen LogP contribution < -0.4 is 14.3 Å². The number of nitrogens with two attached hydrogens (primary N) is 1. The average molecular weight is 500 g/mol. The second-order valence-electron chi connectivity index (χ2n) is 7.19. The Morgan fingerprint density at radius 1 is 1.00 bits per heavy atom. The van der Waals surface area contributed by atoms with Gasteiger partial charge in [0.05, 0.1) is 23.9 Å². The smallest absolute Gasteiger partial charge is 0.371 e. The zero-order valence-electron chi connectivity index (χ0n) is 17.6. The van der Waals surface area contributed by atoms with Crippen LogP contribution in [0.2, 0.25) is 0 Å². The number of hydrogen-bond acceptors (Lipinski definition) is 7. The zero-order valence-corrected chi connectivity index (χ0v) is 18.5. The highest BCUT2D eigenvalue weighted by atomic mass is 32.2. The van der Waals surface area contributed by atoms with E-state index in [1.54, 1.807) is 12.1 Å². The number of aromatic nitrogens is 3. The van der Waals surface area contributed by atoms with Crippen molar-refractivity contribution in [2.24, 2.45) is 5.14 Å². The lowest BCUT2D eigenvalue weighted by Crippen LogP contribution is -2.29. The van der Waals surface area contributed by atoms with Gasteiger partial charge >= 0.3 is 10.3 Å². The van der Waals surface area contributed by atoms with Crippen molar-refractivity contribution in [2.45, 2.75) is 6.54 Å². The van der Waals surface area contributed by atoms with E-state index in [2.05, 4.69) is 20.4 Å². The van der Waals surface area contributed by atoms with Crippen LogP contribution in [-0.2, 0) is 16.8 Å². The number of benzene rings is 3. The molecular formula is C22H15F3N6O3S. The minimum atomic E-state index is -4.48. The van der Waals surface area contributed by atoms with E-state index in [-0.39, 0.29) is 6.54 Å². The van der Waals surface area contributed by atoms with Crippen LogP contribution >= 0.6 is 0 Å². The first-order valence-corrected chi connectivity index (χ1v) is 11.2. The van der Waals surface area contributed by atoms with Crippen molar-refractivity contribution < 1.29 is 25.8 Å². The Kier molecular flexibility index (Phi) is 6.41. The lowest BCUT2D eigenvalue weighted by molar-refractivity contribution is 0.476. The van der Waals surface area contributed by atoms with Gasteiger partial charge in [-0.3, -0.25) is 5.01 Å². The molecule has 0 bridgehead atoms. The van der Waals surface area contributed by atoms with Crippen LogP contribution in [0.5, 0.6) is 5.75 Å². The maximum atomic E-state index is 14.8. The molecule has 0 fully saturated rings. The molecule has 35 heavy (non-hydrogen) atoms. The van der Waals surface area contributed by atoms with E-state index in [1.807, 2.05) is 0 Å².